The van der Waals surface area contributed by atoms with E-state index in [2.05, 4.69) is 18.7 Å². The molecular formula is C13H19NO2. The second-order valence-electron chi connectivity index (χ2n) is 4.08. The summed E-state index contributed by atoms with van der Waals surface area (Å²) in [5, 5.41) is 0. The fourth-order valence-electron chi connectivity index (χ4n) is 1.20. The van der Waals surface area contributed by atoms with E-state index < -0.39 is 0 Å². The first-order valence-corrected chi connectivity index (χ1v) is 5.53. The SMILES string of the molecule is CC(C)N(C)CCOC(=O)c1ccccc1. The van der Waals surface area contributed by atoms with Gasteiger partial charge >= 0.3 is 5.97 Å². The van der Waals surface area contributed by atoms with Gasteiger partial charge in [-0.1, -0.05) is 18.2 Å². The van der Waals surface area contributed by atoms with Crippen LogP contribution in [0.3, 0.4) is 0 Å². The number of nitrogens with zero attached hydrogens (tertiary/aromatic N) is 1. The number of ether oxygens (including phenoxy) is 1. The molecule has 0 aliphatic heterocycles. The average molecular weight is 221 g/mol. The number of likely N-dealkylation sites (N-methyl/N-ethyl adjacent to an activating group) is 1. The molecule has 0 aromatic heterocycles. The third-order valence-corrected chi connectivity index (χ3v) is 2.57. The maximum Gasteiger partial charge on any atom is 0.338 e. The van der Waals surface area contributed by atoms with Gasteiger partial charge in [-0.3, -0.25) is 0 Å². The molecule has 0 saturated heterocycles. The van der Waals surface area contributed by atoms with E-state index in [1.54, 1.807) is 12.1 Å². The smallest absolute Gasteiger partial charge is 0.338 e. The molecule has 0 spiro atoms. The van der Waals surface area contributed by atoms with Crippen LogP contribution in [0.25, 0.3) is 0 Å². The minimum absolute atomic E-state index is 0.252. The summed E-state index contributed by atoms with van der Waals surface area (Å²) in [6.07, 6.45) is 0. The lowest BCUT2D eigenvalue weighted by atomic mass is 10.2. The van der Waals surface area contributed by atoms with Crippen LogP contribution in [0.5, 0.6) is 0 Å². The lowest BCUT2D eigenvalue weighted by Crippen LogP contribution is -2.30. The fourth-order valence-corrected chi connectivity index (χ4v) is 1.20. The molecule has 1 aromatic rings. The minimum Gasteiger partial charge on any atom is -0.461 e. The van der Waals surface area contributed by atoms with Crippen molar-refractivity contribution in [2.45, 2.75) is 19.9 Å². The zero-order chi connectivity index (χ0) is 12.0. The summed E-state index contributed by atoms with van der Waals surface area (Å²) in [5.74, 6) is -0.252. The molecule has 1 aromatic carbocycles. The van der Waals surface area contributed by atoms with Gasteiger partial charge in [-0.25, -0.2) is 4.79 Å². The number of carbonyl (C=O) groups is 1. The monoisotopic (exact) mass is 221 g/mol. The summed E-state index contributed by atoms with van der Waals surface area (Å²) < 4.78 is 5.17. The van der Waals surface area contributed by atoms with Gasteiger partial charge in [-0.2, -0.15) is 0 Å². The number of carbonyl (C=O) groups excluding carboxylic acids is 1. The Morgan fingerprint density at radius 3 is 2.50 bits per heavy atom. The van der Waals surface area contributed by atoms with Crippen molar-refractivity contribution in [3.63, 3.8) is 0 Å². The maximum absolute atomic E-state index is 11.6. The maximum atomic E-state index is 11.6. The Hall–Kier alpha value is -1.35. The molecule has 0 N–H and O–H groups in total. The van der Waals surface area contributed by atoms with E-state index in [1.807, 2.05) is 25.2 Å². The van der Waals surface area contributed by atoms with E-state index in [1.165, 1.54) is 0 Å². The van der Waals surface area contributed by atoms with Crippen molar-refractivity contribution in [3.05, 3.63) is 35.9 Å². The lowest BCUT2D eigenvalue weighted by molar-refractivity contribution is 0.0461. The van der Waals surface area contributed by atoms with Gasteiger partial charge in [-0.05, 0) is 33.0 Å². The first-order valence-electron chi connectivity index (χ1n) is 5.53. The van der Waals surface area contributed by atoms with Crippen LogP contribution in [0, 0.1) is 0 Å². The van der Waals surface area contributed by atoms with E-state index >= 15 is 0 Å². The molecule has 88 valence electrons. The molecule has 16 heavy (non-hydrogen) atoms. The topological polar surface area (TPSA) is 29.5 Å². The molecule has 0 unspecified atom stereocenters. The van der Waals surface area contributed by atoms with Crippen molar-refractivity contribution >= 4 is 5.97 Å². The largest absolute Gasteiger partial charge is 0.461 e. The molecular weight excluding hydrogens is 202 g/mol. The van der Waals surface area contributed by atoms with E-state index in [0.29, 0.717) is 18.2 Å². The van der Waals surface area contributed by atoms with E-state index in [-0.39, 0.29) is 5.97 Å². The van der Waals surface area contributed by atoms with E-state index in [9.17, 15) is 4.79 Å². The summed E-state index contributed by atoms with van der Waals surface area (Å²) in [5.41, 5.74) is 0.606. The Bertz CT molecular complexity index is 322. The fraction of sp³-hybridized carbons (Fsp3) is 0.462. The third kappa shape index (κ3) is 4.03. The number of benzene rings is 1. The van der Waals surface area contributed by atoms with Crippen molar-refractivity contribution in [2.24, 2.45) is 0 Å². The molecule has 3 nitrogen and oxygen atoms in total. The van der Waals surface area contributed by atoms with Gasteiger partial charge in [0.15, 0.2) is 0 Å². The van der Waals surface area contributed by atoms with Crippen molar-refractivity contribution in [1.29, 1.82) is 0 Å². The van der Waals surface area contributed by atoms with E-state index in [0.717, 1.165) is 6.54 Å². The molecule has 0 heterocycles. The van der Waals surface area contributed by atoms with Crippen LogP contribution >= 0.6 is 0 Å². The summed E-state index contributed by atoms with van der Waals surface area (Å²) in [7, 11) is 2.01. The summed E-state index contributed by atoms with van der Waals surface area (Å²) in [6, 6.07) is 9.52. The van der Waals surface area contributed by atoms with Crippen LogP contribution in [0.1, 0.15) is 24.2 Å². The summed E-state index contributed by atoms with van der Waals surface area (Å²) in [6.45, 7) is 5.41. The third-order valence-electron chi connectivity index (χ3n) is 2.57. The molecule has 0 amide bonds. The number of esters is 1. The van der Waals surface area contributed by atoms with Gasteiger partial charge in [0.05, 0.1) is 5.56 Å². The van der Waals surface area contributed by atoms with E-state index in [4.69, 9.17) is 4.74 Å². The standard InChI is InChI=1S/C13H19NO2/c1-11(2)14(3)9-10-16-13(15)12-7-5-4-6-8-12/h4-8,11H,9-10H2,1-3H3. The quantitative estimate of drug-likeness (QED) is 0.714. The highest BCUT2D eigenvalue weighted by Crippen LogP contribution is 2.01. The van der Waals surface area contributed by atoms with Crippen LogP contribution in [0.2, 0.25) is 0 Å². The van der Waals surface area contributed by atoms with Crippen LogP contribution in [-0.2, 0) is 4.74 Å². The first-order chi connectivity index (χ1) is 7.61. The number of hydrogen-bond acceptors (Lipinski definition) is 3. The van der Waals surface area contributed by atoms with Gasteiger partial charge in [0, 0.05) is 12.6 Å². The number of hydrogen-bond donors (Lipinski definition) is 0. The van der Waals surface area contributed by atoms with Gasteiger partial charge in [0.1, 0.15) is 6.61 Å². The highest BCUT2D eigenvalue weighted by Gasteiger charge is 2.07. The van der Waals surface area contributed by atoms with Crippen molar-refractivity contribution in [2.75, 3.05) is 20.2 Å². The number of rotatable bonds is 5. The zero-order valence-electron chi connectivity index (χ0n) is 10.1. The van der Waals surface area contributed by atoms with Crippen LogP contribution in [0.4, 0.5) is 0 Å². The molecule has 0 aliphatic rings. The molecule has 0 bridgehead atoms. The Kier molecular flexibility index (Phi) is 4.99. The van der Waals surface area contributed by atoms with Gasteiger partial charge in [-0.15, -0.1) is 0 Å². The molecule has 0 fully saturated rings. The first kappa shape index (κ1) is 12.7. The van der Waals surface area contributed by atoms with Crippen molar-refractivity contribution in [1.82, 2.24) is 4.90 Å². The minimum atomic E-state index is -0.252. The molecule has 0 atom stereocenters. The Balaban J connectivity index is 2.31. The van der Waals surface area contributed by atoms with Crippen LogP contribution < -0.4 is 0 Å². The van der Waals surface area contributed by atoms with Gasteiger partial charge in [0.2, 0.25) is 0 Å². The van der Waals surface area contributed by atoms with Crippen molar-refractivity contribution < 1.29 is 9.53 Å². The predicted octanol–water partition coefficient (Wildman–Crippen LogP) is 2.18. The molecule has 1 rings (SSSR count). The predicted molar refractivity (Wildman–Crippen MR) is 64.5 cm³/mol. The Morgan fingerprint density at radius 1 is 1.31 bits per heavy atom. The van der Waals surface area contributed by atoms with Crippen molar-refractivity contribution in [3.8, 4) is 0 Å². The van der Waals surface area contributed by atoms with Gasteiger partial charge < -0.3 is 9.64 Å². The molecule has 0 radical (unpaired) electrons. The Labute approximate surface area is 97.0 Å². The zero-order valence-corrected chi connectivity index (χ0v) is 10.1. The van der Waals surface area contributed by atoms with Crippen LogP contribution in [-0.4, -0.2) is 37.1 Å². The van der Waals surface area contributed by atoms with Crippen LogP contribution in [0.15, 0.2) is 30.3 Å². The normalized spacial score (nSPS) is 10.8. The molecule has 0 aliphatic carbocycles. The summed E-state index contributed by atoms with van der Waals surface area (Å²) >= 11 is 0. The lowest BCUT2D eigenvalue weighted by Gasteiger charge is -2.20. The van der Waals surface area contributed by atoms with Gasteiger partial charge in [0.25, 0.3) is 0 Å². The Morgan fingerprint density at radius 2 is 1.94 bits per heavy atom. The molecule has 3 heteroatoms. The highest BCUT2D eigenvalue weighted by molar-refractivity contribution is 5.89. The second-order valence-corrected chi connectivity index (χ2v) is 4.08. The average Bonchev–Trinajstić information content (AvgIpc) is 2.29. The highest BCUT2D eigenvalue weighted by atomic mass is 16.5. The second kappa shape index (κ2) is 6.28. The molecule has 0 saturated carbocycles. The summed E-state index contributed by atoms with van der Waals surface area (Å²) in [4.78, 5) is 13.7.